The van der Waals surface area contributed by atoms with E-state index in [1.807, 2.05) is 24.5 Å². The molecule has 3 aromatic heterocycles. The van der Waals surface area contributed by atoms with Gasteiger partial charge in [-0.15, -0.1) is 0 Å². The van der Waals surface area contributed by atoms with E-state index in [2.05, 4.69) is 80.4 Å². The van der Waals surface area contributed by atoms with Crippen LogP contribution in [0.1, 0.15) is 0 Å². The van der Waals surface area contributed by atoms with Gasteiger partial charge in [-0.25, -0.2) is 4.98 Å². The van der Waals surface area contributed by atoms with Crippen molar-refractivity contribution in [1.29, 1.82) is 0 Å². The molecular weight excluding hydrogens is 382 g/mol. The molecule has 5 heteroatoms. The molecule has 0 atom stereocenters. The smallest absolute Gasteiger partial charge is 0.137 e. The number of piperazine rings is 1. The van der Waals surface area contributed by atoms with Gasteiger partial charge >= 0.3 is 0 Å². The molecule has 4 heterocycles. The van der Waals surface area contributed by atoms with Gasteiger partial charge in [0.15, 0.2) is 0 Å². The molecule has 0 amide bonds. The van der Waals surface area contributed by atoms with Crippen molar-refractivity contribution in [1.82, 2.24) is 19.7 Å². The van der Waals surface area contributed by atoms with E-state index in [0.717, 1.165) is 54.0 Å². The summed E-state index contributed by atoms with van der Waals surface area (Å²) >= 11 is 0. The van der Waals surface area contributed by atoms with Crippen molar-refractivity contribution < 1.29 is 0 Å². The standard InChI is InChI=1S/C26H23N5/c1-3-23(22-4-2-11-28-24(22)5-1)25-18-29-26-17-20(10-14-31(25)26)19-6-8-21(9-7-19)30-15-12-27-13-16-30/h1-11,14,17-18,27H,12-13,15-16H2. The minimum Gasteiger partial charge on any atom is -0.369 e. The molecule has 0 radical (unpaired) electrons. The Morgan fingerprint density at radius 1 is 0.806 bits per heavy atom. The highest BCUT2D eigenvalue weighted by Crippen LogP contribution is 2.30. The summed E-state index contributed by atoms with van der Waals surface area (Å²) < 4.78 is 2.15. The highest BCUT2D eigenvalue weighted by Gasteiger charge is 2.12. The van der Waals surface area contributed by atoms with Gasteiger partial charge in [0, 0.05) is 55.2 Å². The first-order valence-corrected chi connectivity index (χ1v) is 10.7. The van der Waals surface area contributed by atoms with E-state index in [0.29, 0.717) is 0 Å². The van der Waals surface area contributed by atoms with Crippen molar-refractivity contribution in [2.75, 3.05) is 31.1 Å². The summed E-state index contributed by atoms with van der Waals surface area (Å²) in [7, 11) is 0. The highest BCUT2D eigenvalue weighted by atomic mass is 15.2. The Kier molecular flexibility index (Phi) is 4.39. The number of anilines is 1. The van der Waals surface area contributed by atoms with Crippen molar-refractivity contribution in [3.8, 4) is 22.4 Å². The van der Waals surface area contributed by atoms with Crippen LogP contribution in [0.3, 0.4) is 0 Å². The highest BCUT2D eigenvalue weighted by molar-refractivity contribution is 5.94. The average molecular weight is 406 g/mol. The van der Waals surface area contributed by atoms with E-state index in [4.69, 9.17) is 4.98 Å². The van der Waals surface area contributed by atoms with Crippen molar-refractivity contribution >= 4 is 22.2 Å². The number of imidazole rings is 1. The lowest BCUT2D eigenvalue weighted by molar-refractivity contribution is 0.589. The second kappa shape index (κ2) is 7.52. The largest absolute Gasteiger partial charge is 0.369 e. The van der Waals surface area contributed by atoms with Crippen LogP contribution in [-0.4, -0.2) is 40.5 Å². The normalized spacial score (nSPS) is 14.4. The van der Waals surface area contributed by atoms with Crippen LogP contribution in [0.2, 0.25) is 0 Å². The summed E-state index contributed by atoms with van der Waals surface area (Å²) in [5.41, 5.74) is 7.84. The number of pyridine rings is 2. The SMILES string of the molecule is c1cc(-c2cnc3cc(-c4ccc(N5CCNCC5)cc4)ccn23)c2cccnc2c1. The number of benzene rings is 2. The lowest BCUT2D eigenvalue weighted by Crippen LogP contribution is -2.43. The predicted molar refractivity (Wildman–Crippen MR) is 126 cm³/mol. The number of aromatic nitrogens is 3. The van der Waals surface area contributed by atoms with Gasteiger partial charge in [-0.2, -0.15) is 0 Å². The topological polar surface area (TPSA) is 45.5 Å². The zero-order valence-corrected chi connectivity index (χ0v) is 17.2. The lowest BCUT2D eigenvalue weighted by Gasteiger charge is -2.29. The number of hydrogen-bond donors (Lipinski definition) is 1. The van der Waals surface area contributed by atoms with E-state index in [1.165, 1.54) is 16.8 Å². The zero-order chi connectivity index (χ0) is 20.6. The quantitative estimate of drug-likeness (QED) is 0.476. The Balaban J connectivity index is 1.36. The molecule has 0 unspecified atom stereocenters. The fraction of sp³-hybridized carbons (Fsp3) is 0.154. The molecule has 0 spiro atoms. The van der Waals surface area contributed by atoms with Crippen LogP contribution in [0.25, 0.3) is 38.9 Å². The number of nitrogens with one attached hydrogen (secondary N) is 1. The second-order valence-corrected chi connectivity index (χ2v) is 7.95. The fourth-order valence-corrected chi connectivity index (χ4v) is 4.47. The van der Waals surface area contributed by atoms with Gasteiger partial charge in [0.05, 0.1) is 17.4 Å². The zero-order valence-electron chi connectivity index (χ0n) is 17.2. The molecule has 0 saturated carbocycles. The Bertz CT molecular complexity index is 1360. The third-order valence-electron chi connectivity index (χ3n) is 6.12. The summed E-state index contributed by atoms with van der Waals surface area (Å²) in [6.45, 7) is 4.22. The molecule has 0 bridgehead atoms. The summed E-state index contributed by atoms with van der Waals surface area (Å²) in [5.74, 6) is 0. The third kappa shape index (κ3) is 3.23. The molecule has 1 saturated heterocycles. The molecule has 1 aliphatic rings. The van der Waals surface area contributed by atoms with Crippen LogP contribution in [0.5, 0.6) is 0 Å². The molecule has 1 aliphatic heterocycles. The van der Waals surface area contributed by atoms with Crippen LogP contribution < -0.4 is 10.2 Å². The molecule has 1 N–H and O–H groups in total. The monoisotopic (exact) mass is 405 g/mol. The first-order chi connectivity index (χ1) is 15.4. The summed E-state index contributed by atoms with van der Waals surface area (Å²) in [5, 5.41) is 4.55. The van der Waals surface area contributed by atoms with Crippen molar-refractivity contribution in [3.05, 3.63) is 85.3 Å². The molecule has 31 heavy (non-hydrogen) atoms. The Labute approximate surface area is 181 Å². The van der Waals surface area contributed by atoms with Gasteiger partial charge in [-0.1, -0.05) is 30.3 Å². The van der Waals surface area contributed by atoms with E-state index < -0.39 is 0 Å². The average Bonchev–Trinajstić information content (AvgIpc) is 3.27. The molecule has 5 aromatic rings. The van der Waals surface area contributed by atoms with Crippen LogP contribution in [0, 0.1) is 0 Å². The molecule has 2 aromatic carbocycles. The van der Waals surface area contributed by atoms with E-state index in [9.17, 15) is 0 Å². The molecule has 0 aliphatic carbocycles. The van der Waals surface area contributed by atoms with Gasteiger partial charge in [0.25, 0.3) is 0 Å². The van der Waals surface area contributed by atoms with Gasteiger partial charge < -0.3 is 10.2 Å². The summed E-state index contributed by atoms with van der Waals surface area (Å²) in [6, 6.07) is 23.5. The maximum Gasteiger partial charge on any atom is 0.137 e. The number of hydrogen-bond acceptors (Lipinski definition) is 4. The van der Waals surface area contributed by atoms with Gasteiger partial charge in [0.1, 0.15) is 5.65 Å². The number of rotatable bonds is 3. The number of nitrogens with zero attached hydrogens (tertiary/aromatic N) is 4. The summed E-state index contributed by atoms with van der Waals surface area (Å²) in [4.78, 5) is 11.6. The maximum atomic E-state index is 4.71. The van der Waals surface area contributed by atoms with Gasteiger partial charge in [0.2, 0.25) is 0 Å². The minimum absolute atomic E-state index is 0.944. The molecule has 1 fully saturated rings. The fourth-order valence-electron chi connectivity index (χ4n) is 4.47. The van der Waals surface area contributed by atoms with E-state index in [-0.39, 0.29) is 0 Å². The Morgan fingerprint density at radius 2 is 1.68 bits per heavy atom. The first kappa shape index (κ1) is 18.1. The lowest BCUT2D eigenvalue weighted by atomic mass is 10.1. The molecule has 5 nitrogen and oxygen atoms in total. The van der Waals surface area contributed by atoms with Crippen molar-refractivity contribution in [2.24, 2.45) is 0 Å². The second-order valence-electron chi connectivity index (χ2n) is 7.95. The Morgan fingerprint density at radius 3 is 2.55 bits per heavy atom. The van der Waals surface area contributed by atoms with Crippen molar-refractivity contribution in [2.45, 2.75) is 0 Å². The van der Waals surface area contributed by atoms with E-state index in [1.54, 1.807) is 0 Å². The predicted octanol–water partition coefficient (Wildman–Crippen LogP) is 4.63. The molecule has 152 valence electrons. The molecular formula is C26H23N5. The third-order valence-corrected chi connectivity index (χ3v) is 6.12. The number of fused-ring (bicyclic) bond motifs is 2. The van der Waals surface area contributed by atoms with Gasteiger partial charge in [-0.05, 0) is 47.5 Å². The van der Waals surface area contributed by atoms with Crippen LogP contribution in [-0.2, 0) is 0 Å². The maximum absolute atomic E-state index is 4.71. The summed E-state index contributed by atoms with van der Waals surface area (Å²) in [6.07, 6.45) is 5.90. The van der Waals surface area contributed by atoms with Crippen LogP contribution >= 0.6 is 0 Å². The first-order valence-electron chi connectivity index (χ1n) is 10.7. The van der Waals surface area contributed by atoms with Crippen LogP contribution in [0.15, 0.2) is 85.3 Å². The van der Waals surface area contributed by atoms with E-state index >= 15 is 0 Å². The minimum atomic E-state index is 0.944. The van der Waals surface area contributed by atoms with Gasteiger partial charge in [-0.3, -0.25) is 9.38 Å². The molecule has 6 rings (SSSR count). The van der Waals surface area contributed by atoms with Crippen LogP contribution in [0.4, 0.5) is 5.69 Å². The Hall–Kier alpha value is -3.70. The van der Waals surface area contributed by atoms with Crippen molar-refractivity contribution in [3.63, 3.8) is 0 Å².